The highest BCUT2D eigenvalue weighted by Gasteiger charge is 2.14. The zero-order chi connectivity index (χ0) is 17.7. The van der Waals surface area contributed by atoms with Gasteiger partial charge in [0.15, 0.2) is 6.61 Å². The summed E-state index contributed by atoms with van der Waals surface area (Å²) in [6, 6.07) is 12.8. The Morgan fingerprint density at radius 2 is 1.92 bits per heavy atom. The minimum atomic E-state index is -0.584. The highest BCUT2D eigenvalue weighted by atomic mass is 79.9. The number of carbonyl (C=O) groups is 2. The van der Waals surface area contributed by atoms with Gasteiger partial charge in [0.05, 0.1) is 5.56 Å². The first-order valence-corrected chi connectivity index (χ1v) is 8.18. The highest BCUT2D eigenvalue weighted by molar-refractivity contribution is 9.10. The van der Waals surface area contributed by atoms with E-state index in [1.165, 1.54) is 0 Å². The maximum atomic E-state index is 12.3. The molecule has 0 heterocycles. The van der Waals surface area contributed by atoms with E-state index >= 15 is 0 Å². The molecule has 24 heavy (non-hydrogen) atoms. The van der Waals surface area contributed by atoms with Gasteiger partial charge in [0.2, 0.25) is 0 Å². The number of primary amides is 1. The second kappa shape index (κ2) is 7.97. The van der Waals surface area contributed by atoms with Gasteiger partial charge in [0.25, 0.3) is 11.8 Å². The fraction of sp³-hybridized carbons (Fsp3) is 0.222. The van der Waals surface area contributed by atoms with Crippen molar-refractivity contribution in [2.24, 2.45) is 5.73 Å². The lowest BCUT2D eigenvalue weighted by Gasteiger charge is -2.19. The van der Waals surface area contributed by atoms with Crippen LogP contribution in [-0.2, 0) is 11.3 Å². The molecular formula is C18H19BrN2O3. The third-order valence-electron chi connectivity index (χ3n) is 3.54. The Morgan fingerprint density at radius 3 is 2.58 bits per heavy atom. The van der Waals surface area contributed by atoms with Gasteiger partial charge in [-0.3, -0.25) is 9.59 Å². The zero-order valence-corrected chi connectivity index (χ0v) is 15.2. The lowest BCUT2D eigenvalue weighted by atomic mass is 10.1. The zero-order valence-electron chi connectivity index (χ0n) is 13.6. The van der Waals surface area contributed by atoms with Gasteiger partial charge in [-0.1, -0.05) is 40.2 Å². The van der Waals surface area contributed by atoms with E-state index in [9.17, 15) is 9.59 Å². The summed E-state index contributed by atoms with van der Waals surface area (Å²) in [7, 11) is 1.70. The van der Waals surface area contributed by atoms with Crippen LogP contribution in [0.4, 0.5) is 0 Å². The summed E-state index contributed by atoms with van der Waals surface area (Å²) in [5.41, 5.74) is 7.52. The van der Waals surface area contributed by atoms with Crippen LogP contribution in [0.2, 0.25) is 0 Å². The molecule has 2 aromatic rings. The maximum absolute atomic E-state index is 12.3. The normalized spacial score (nSPS) is 10.3. The van der Waals surface area contributed by atoms with E-state index in [1.807, 2.05) is 31.2 Å². The van der Waals surface area contributed by atoms with E-state index in [1.54, 1.807) is 30.1 Å². The molecule has 2 rings (SSSR count). The number of likely N-dealkylation sites (N-methyl/N-ethyl adjacent to an activating group) is 1. The Hall–Kier alpha value is -2.34. The van der Waals surface area contributed by atoms with Crippen molar-refractivity contribution in [3.8, 4) is 5.75 Å². The van der Waals surface area contributed by atoms with Gasteiger partial charge in [-0.15, -0.1) is 0 Å². The van der Waals surface area contributed by atoms with Gasteiger partial charge in [-0.05, 0) is 36.2 Å². The van der Waals surface area contributed by atoms with Crippen LogP contribution in [0, 0.1) is 6.92 Å². The van der Waals surface area contributed by atoms with Crippen LogP contribution in [0.5, 0.6) is 5.75 Å². The minimum Gasteiger partial charge on any atom is -0.483 e. The molecule has 0 radical (unpaired) electrons. The third kappa shape index (κ3) is 4.58. The standard InChI is InChI=1S/C18H19BrN2O3/c1-12-7-8-14(18(20)23)16(9-12)24-11-17(22)21(2)10-13-5-3-4-6-15(13)19/h3-9H,10-11H2,1-2H3,(H2,20,23). The molecule has 0 unspecified atom stereocenters. The van der Waals surface area contributed by atoms with Crippen LogP contribution in [0.15, 0.2) is 46.9 Å². The van der Waals surface area contributed by atoms with Gasteiger partial charge >= 0.3 is 0 Å². The van der Waals surface area contributed by atoms with Crippen molar-refractivity contribution in [1.29, 1.82) is 0 Å². The molecule has 0 aliphatic rings. The summed E-state index contributed by atoms with van der Waals surface area (Å²) in [6.07, 6.45) is 0. The maximum Gasteiger partial charge on any atom is 0.260 e. The number of nitrogens with two attached hydrogens (primary N) is 1. The molecule has 2 N–H and O–H groups in total. The molecule has 0 saturated heterocycles. The number of rotatable bonds is 6. The largest absolute Gasteiger partial charge is 0.483 e. The predicted octanol–water partition coefficient (Wildman–Crippen LogP) is 2.89. The van der Waals surface area contributed by atoms with Crippen LogP contribution in [0.1, 0.15) is 21.5 Å². The first kappa shape index (κ1) is 18.0. The fourth-order valence-electron chi connectivity index (χ4n) is 2.17. The van der Waals surface area contributed by atoms with Crippen molar-refractivity contribution in [2.45, 2.75) is 13.5 Å². The predicted molar refractivity (Wildman–Crippen MR) is 95.8 cm³/mol. The van der Waals surface area contributed by atoms with E-state index in [0.29, 0.717) is 12.3 Å². The van der Waals surface area contributed by atoms with Crippen molar-refractivity contribution in [3.63, 3.8) is 0 Å². The van der Waals surface area contributed by atoms with Gasteiger partial charge in [-0.2, -0.15) is 0 Å². The Bertz CT molecular complexity index is 762. The Balaban J connectivity index is 2.02. The molecule has 6 heteroatoms. The molecule has 2 amide bonds. The quantitative estimate of drug-likeness (QED) is 0.823. The summed E-state index contributed by atoms with van der Waals surface area (Å²) < 4.78 is 6.47. The van der Waals surface area contributed by atoms with Crippen molar-refractivity contribution in [1.82, 2.24) is 4.90 Å². The molecule has 0 aliphatic heterocycles. The second-order valence-electron chi connectivity index (χ2n) is 5.49. The number of halogens is 1. The van der Waals surface area contributed by atoms with Crippen LogP contribution in [0.3, 0.4) is 0 Å². The second-order valence-corrected chi connectivity index (χ2v) is 6.35. The average molecular weight is 391 g/mol. The molecule has 0 atom stereocenters. The number of ether oxygens (including phenoxy) is 1. The number of amides is 2. The Labute approximate surface area is 149 Å². The van der Waals surface area contributed by atoms with Crippen molar-refractivity contribution in [2.75, 3.05) is 13.7 Å². The van der Waals surface area contributed by atoms with Gasteiger partial charge in [0.1, 0.15) is 5.75 Å². The number of hydrogen-bond donors (Lipinski definition) is 1. The van der Waals surface area contributed by atoms with Gasteiger partial charge < -0.3 is 15.4 Å². The molecule has 126 valence electrons. The fourth-order valence-corrected chi connectivity index (χ4v) is 2.58. The van der Waals surface area contributed by atoms with Crippen molar-refractivity contribution < 1.29 is 14.3 Å². The van der Waals surface area contributed by atoms with Crippen LogP contribution >= 0.6 is 15.9 Å². The molecule has 5 nitrogen and oxygen atoms in total. The summed E-state index contributed by atoms with van der Waals surface area (Å²) in [6.45, 7) is 2.17. The molecular weight excluding hydrogens is 372 g/mol. The highest BCUT2D eigenvalue weighted by Crippen LogP contribution is 2.20. The Kier molecular flexibility index (Phi) is 5.98. The lowest BCUT2D eigenvalue weighted by molar-refractivity contribution is -0.132. The average Bonchev–Trinajstić information content (AvgIpc) is 2.54. The topological polar surface area (TPSA) is 72.6 Å². The van der Waals surface area contributed by atoms with Crippen LogP contribution < -0.4 is 10.5 Å². The number of nitrogens with zero attached hydrogens (tertiary/aromatic N) is 1. The summed E-state index contributed by atoms with van der Waals surface area (Å²) >= 11 is 3.46. The number of carbonyl (C=O) groups excluding carboxylic acids is 2. The van der Waals surface area contributed by atoms with E-state index in [0.717, 1.165) is 15.6 Å². The molecule has 0 bridgehead atoms. The smallest absolute Gasteiger partial charge is 0.260 e. The molecule has 0 spiro atoms. The van der Waals surface area contributed by atoms with Gasteiger partial charge in [-0.25, -0.2) is 0 Å². The summed E-state index contributed by atoms with van der Waals surface area (Å²) in [5, 5.41) is 0. The van der Waals surface area contributed by atoms with E-state index in [2.05, 4.69) is 15.9 Å². The third-order valence-corrected chi connectivity index (χ3v) is 4.32. The van der Waals surface area contributed by atoms with Crippen LogP contribution in [-0.4, -0.2) is 30.4 Å². The van der Waals surface area contributed by atoms with Gasteiger partial charge in [0, 0.05) is 18.1 Å². The lowest BCUT2D eigenvalue weighted by Crippen LogP contribution is -2.31. The molecule has 0 saturated carbocycles. The first-order chi connectivity index (χ1) is 11.4. The van der Waals surface area contributed by atoms with E-state index < -0.39 is 5.91 Å². The summed E-state index contributed by atoms with van der Waals surface area (Å²) in [5.74, 6) is -0.452. The Morgan fingerprint density at radius 1 is 1.21 bits per heavy atom. The number of aryl methyl sites for hydroxylation is 1. The van der Waals surface area contributed by atoms with E-state index in [-0.39, 0.29) is 18.1 Å². The number of hydrogen-bond acceptors (Lipinski definition) is 3. The molecule has 0 aromatic heterocycles. The summed E-state index contributed by atoms with van der Waals surface area (Å²) in [4.78, 5) is 25.3. The monoisotopic (exact) mass is 390 g/mol. The van der Waals surface area contributed by atoms with Crippen molar-refractivity contribution in [3.05, 3.63) is 63.6 Å². The molecule has 0 aliphatic carbocycles. The van der Waals surface area contributed by atoms with E-state index in [4.69, 9.17) is 10.5 Å². The number of benzene rings is 2. The minimum absolute atomic E-state index is 0.162. The van der Waals surface area contributed by atoms with Crippen molar-refractivity contribution >= 4 is 27.7 Å². The molecule has 0 fully saturated rings. The first-order valence-electron chi connectivity index (χ1n) is 7.39. The van der Waals surface area contributed by atoms with Crippen LogP contribution in [0.25, 0.3) is 0 Å². The molecule has 2 aromatic carbocycles. The SMILES string of the molecule is Cc1ccc(C(N)=O)c(OCC(=O)N(C)Cc2ccccc2Br)c1.